The van der Waals surface area contributed by atoms with E-state index in [1.807, 2.05) is 25.3 Å². The molecule has 29 heavy (non-hydrogen) atoms. The molecule has 0 saturated heterocycles. The van der Waals surface area contributed by atoms with E-state index in [1.165, 1.54) is 12.1 Å². The lowest BCUT2D eigenvalue weighted by Crippen LogP contribution is -2.44. The summed E-state index contributed by atoms with van der Waals surface area (Å²) in [5.41, 5.74) is 0.879. The molecule has 0 aromatic heterocycles. The Hall–Kier alpha value is -1.89. The van der Waals surface area contributed by atoms with Gasteiger partial charge in [0.25, 0.3) is 5.91 Å². The van der Waals surface area contributed by atoms with Gasteiger partial charge in [-0.25, -0.2) is 0 Å². The topological polar surface area (TPSA) is 67.4 Å². The molecule has 0 bridgehead atoms. The third-order valence-corrected chi connectivity index (χ3v) is 5.17. The molecule has 5 nitrogen and oxygen atoms in total. The number of nitrogens with one attached hydrogen (secondary N) is 2. The second-order valence-electron chi connectivity index (χ2n) is 6.30. The van der Waals surface area contributed by atoms with Crippen molar-refractivity contribution in [2.75, 3.05) is 23.9 Å². The number of thioether (sulfide) groups is 1. The summed E-state index contributed by atoms with van der Waals surface area (Å²) in [5, 5.41) is 6.30. The van der Waals surface area contributed by atoms with Gasteiger partial charge in [-0.3, -0.25) is 9.59 Å². The van der Waals surface area contributed by atoms with Gasteiger partial charge in [0.1, 0.15) is 11.8 Å². The van der Waals surface area contributed by atoms with Crippen LogP contribution in [0, 0.1) is 0 Å². The smallest absolute Gasteiger partial charge is 0.253 e. The zero-order chi connectivity index (χ0) is 21.2. The van der Waals surface area contributed by atoms with Gasteiger partial charge in [-0.05, 0) is 55.2 Å². The lowest BCUT2D eigenvalue weighted by Gasteiger charge is -2.19. The van der Waals surface area contributed by atoms with E-state index < -0.39 is 11.9 Å². The first kappa shape index (κ1) is 23.4. The van der Waals surface area contributed by atoms with Crippen molar-refractivity contribution >= 4 is 52.5 Å². The maximum absolute atomic E-state index is 12.8. The van der Waals surface area contributed by atoms with Gasteiger partial charge in [0.05, 0.1) is 17.2 Å². The van der Waals surface area contributed by atoms with E-state index in [4.69, 9.17) is 27.9 Å². The predicted molar refractivity (Wildman–Crippen MR) is 122 cm³/mol. The first-order chi connectivity index (χ1) is 13.9. The van der Waals surface area contributed by atoms with Crippen LogP contribution in [0.1, 0.15) is 30.1 Å². The van der Waals surface area contributed by atoms with Crippen LogP contribution in [-0.2, 0) is 4.79 Å². The minimum atomic E-state index is -0.707. The number of hydrogen-bond acceptors (Lipinski definition) is 4. The molecule has 0 aliphatic carbocycles. The standard InChI is InChI=1S/C21H24Cl2N2O3S/c1-3-10-28-16-6-4-5-15(13-16)24-21(27)19(9-11-29-2)25-20(26)17-8-7-14(22)12-18(17)23/h4-8,12-13,19H,3,9-11H2,1-2H3,(H,24,27)(H,25,26). The Balaban J connectivity index is 2.10. The fourth-order valence-electron chi connectivity index (χ4n) is 2.53. The van der Waals surface area contributed by atoms with E-state index in [2.05, 4.69) is 10.6 Å². The zero-order valence-corrected chi connectivity index (χ0v) is 18.7. The van der Waals surface area contributed by atoms with Gasteiger partial charge in [0.15, 0.2) is 0 Å². The molecule has 0 aliphatic heterocycles. The Morgan fingerprint density at radius 2 is 1.97 bits per heavy atom. The summed E-state index contributed by atoms with van der Waals surface area (Å²) >= 11 is 13.6. The quantitative estimate of drug-likeness (QED) is 0.512. The lowest BCUT2D eigenvalue weighted by atomic mass is 10.1. The van der Waals surface area contributed by atoms with Crippen LogP contribution in [-0.4, -0.2) is 36.5 Å². The van der Waals surface area contributed by atoms with E-state index in [0.29, 0.717) is 35.2 Å². The van der Waals surface area contributed by atoms with Crippen LogP contribution < -0.4 is 15.4 Å². The molecule has 1 unspecified atom stereocenters. The summed E-state index contributed by atoms with van der Waals surface area (Å²) < 4.78 is 5.60. The number of ether oxygens (including phenoxy) is 1. The molecule has 0 saturated carbocycles. The summed E-state index contributed by atoms with van der Waals surface area (Å²) in [4.78, 5) is 25.5. The molecular weight excluding hydrogens is 431 g/mol. The summed E-state index contributed by atoms with van der Waals surface area (Å²) in [6.45, 7) is 2.63. The monoisotopic (exact) mass is 454 g/mol. The Bertz CT molecular complexity index is 848. The second kappa shape index (κ2) is 12.0. The summed E-state index contributed by atoms with van der Waals surface area (Å²) in [6.07, 6.45) is 3.32. The summed E-state index contributed by atoms with van der Waals surface area (Å²) in [6, 6.07) is 11.1. The number of carbonyl (C=O) groups is 2. The number of anilines is 1. The molecule has 2 amide bonds. The van der Waals surface area contributed by atoms with Gasteiger partial charge < -0.3 is 15.4 Å². The molecule has 156 valence electrons. The normalized spacial score (nSPS) is 11.6. The highest BCUT2D eigenvalue weighted by Crippen LogP contribution is 2.22. The van der Waals surface area contributed by atoms with Crippen LogP contribution in [0.25, 0.3) is 0 Å². The van der Waals surface area contributed by atoms with Crippen LogP contribution in [0.5, 0.6) is 5.75 Å². The highest BCUT2D eigenvalue weighted by Gasteiger charge is 2.22. The van der Waals surface area contributed by atoms with Crippen LogP contribution in [0.4, 0.5) is 5.69 Å². The van der Waals surface area contributed by atoms with E-state index >= 15 is 0 Å². The number of hydrogen-bond donors (Lipinski definition) is 2. The molecule has 2 N–H and O–H groups in total. The predicted octanol–water partition coefficient (Wildman–Crippen LogP) is 5.27. The van der Waals surface area contributed by atoms with Crippen molar-refractivity contribution in [2.45, 2.75) is 25.8 Å². The van der Waals surface area contributed by atoms with Crippen molar-refractivity contribution in [2.24, 2.45) is 0 Å². The SMILES string of the molecule is CCCOc1cccc(NC(=O)C(CCSC)NC(=O)c2ccc(Cl)cc2Cl)c1. The Kier molecular flexibility index (Phi) is 9.64. The van der Waals surface area contributed by atoms with Crippen molar-refractivity contribution < 1.29 is 14.3 Å². The van der Waals surface area contributed by atoms with Crippen LogP contribution in [0.15, 0.2) is 42.5 Å². The number of halogens is 2. The maximum Gasteiger partial charge on any atom is 0.253 e. The molecule has 2 aromatic rings. The molecular formula is C21H24Cl2N2O3S. The fraction of sp³-hybridized carbons (Fsp3) is 0.333. The minimum Gasteiger partial charge on any atom is -0.494 e. The molecule has 2 rings (SSSR count). The Labute approximate surface area is 185 Å². The van der Waals surface area contributed by atoms with Crippen molar-refractivity contribution in [3.8, 4) is 5.75 Å². The average molecular weight is 455 g/mol. The Morgan fingerprint density at radius 1 is 1.17 bits per heavy atom. The molecule has 0 radical (unpaired) electrons. The van der Waals surface area contributed by atoms with Crippen molar-refractivity contribution in [3.05, 3.63) is 58.1 Å². The van der Waals surface area contributed by atoms with Gasteiger partial charge in [-0.2, -0.15) is 11.8 Å². The molecule has 0 spiro atoms. The van der Waals surface area contributed by atoms with Crippen LogP contribution in [0.2, 0.25) is 10.0 Å². The van der Waals surface area contributed by atoms with Crippen molar-refractivity contribution in [1.29, 1.82) is 0 Å². The third-order valence-electron chi connectivity index (χ3n) is 3.98. The Morgan fingerprint density at radius 3 is 2.66 bits per heavy atom. The number of rotatable bonds is 10. The minimum absolute atomic E-state index is 0.236. The van der Waals surface area contributed by atoms with Gasteiger partial charge in [0.2, 0.25) is 5.91 Å². The van der Waals surface area contributed by atoms with E-state index in [0.717, 1.165) is 6.42 Å². The molecule has 8 heteroatoms. The molecule has 0 aliphatic rings. The summed E-state index contributed by atoms with van der Waals surface area (Å²) in [7, 11) is 0. The van der Waals surface area contributed by atoms with Crippen LogP contribution in [0.3, 0.4) is 0 Å². The number of benzene rings is 2. The lowest BCUT2D eigenvalue weighted by molar-refractivity contribution is -0.118. The summed E-state index contributed by atoms with van der Waals surface area (Å²) in [5.74, 6) is 0.673. The number of carbonyl (C=O) groups excluding carboxylic acids is 2. The average Bonchev–Trinajstić information content (AvgIpc) is 2.69. The first-order valence-electron chi connectivity index (χ1n) is 9.23. The number of amides is 2. The molecule has 2 aromatic carbocycles. The van der Waals surface area contributed by atoms with Crippen molar-refractivity contribution in [1.82, 2.24) is 5.32 Å². The van der Waals surface area contributed by atoms with Gasteiger partial charge in [0, 0.05) is 16.8 Å². The second-order valence-corrected chi connectivity index (χ2v) is 8.13. The fourth-order valence-corrected chi connectivity index (χ4v) is 3.49. The molecule has 1 atom stereocenters. The first-order valence-corrected chi connectivity index (χ1v) is 11.4. The van der Waals surface area contributed by atoms with E-state index in [1.54, 1.807) is 30.0 Å². The highest BCUT2D eigenvalue weighted by atomic mass is 35.5. The maximum atomic E-state index is 12.8. The largest absolute Gasteiger partial charge is 0.494 e. The van der Waals surface area contributed by atoms with Crippen LogP contribution >= 0.6 is 35.0 Å². The highest BCUT2D eigenvalue weighted by molar-refractivity contribution is 7.98. The van der Waals surface area contributed by atoms with Gasteiger partial charge in [-0.1, -0.05) is 36.2 Å². The van der Waals surface area contributed by atoms with E-state index in [9.17, 15) is 9.59 Å². The molecule has 0 fully saturated rings. The third kappa shape index (κ3) is 7.46. The van der Waals surface area contributed by atoms with Gasteiger partial charge in [-0.15, -0.1) is 0 Å². The zero-order valence-electron chi connectivity index (χ0n) is 16.3. The molecule has 0 heterocycles. The van der Waals surface area contributed by atoms with Crippen molar-refractivity contribution in [3.63, 3.8) is 0 Å². The van der Waals surface area contributed by atoms with Gasteiger partial charge >= 0.3 is 0 Å². The van der Waals surface area contributed by atoms with E-state index in [-0.39, 0.29) is 16.5 Å².